The molecule has 11 heteroatoms. The number of hydrogen-bond donors (Lipinski definition) is 8. The van der Waals surface area contributed by atoms with Gasteiger partial charge in [-0.25, -0.2) is 4.79 Å². The normalized spacial score (nSPS) is 35.3. The van der Waals surface area contributed by atoms with Crippen molar-refractivity contribution in [3.8, 4) is 0 Å². The standard InChI is InChI=1S/C12H24N2O9/c1-4(16)7(17)5(14-12(13)21)3-22-11-10(20)9(19)8(18)6(2-15)23-11/h4-11,15-20H,2-3H2,1H3,(H3,13,14,21)/t4-,5+,6?,7-,8?,9?,10?,11?/m1/s1. The van der Waals surface area contributed by atoms with E-state index in [0.717, 1.165) is 0 Å². The van der Waals surface area contributed by atoms with Crippen LogP contribution in [0.15, 0.2) is 0 Å². The van der Waals surface area contributed by atoms with E-state index in [9.17, 15) is 30.3 Å². The first-order valence-electron chi connectivity index (χ1n) is 7.03. The van der Waals surface area contributed by atoms with E-state index in [1.54, 1.807) is 0 Å². The van der Waals surface area contributed by atoms with Gasteiger partial charge in [-0.2, -0.15) is 0 Å². The van der Waals surface area contributed by atoms with Crippen LogP contribution in [0.4, 0.5) is 4.79 Å². The summed E-state index contributed by atoms with van der Waals surface area (Å²) >= 11 is 0. The molecule has 1 aliphatic heterocycles. The summed E-state index contributed by atoms with van der Waals surface area (Å²) in [5.41, 5.74) is 4.97. The molecule has 8 atom stereocenters. The van der Waals surface area contributed by atoms with Crippen LogP contribution in [0.5, 0.6) is 0 Å². The van der Waals surface area contributed by atoms with Crippen molar-refractivity contribution in [1.82, 2.24) is 5.32 Å². The maximum Gasteiger partial charge on any atom is 0.312 e. The van der Waals surface area contributed by atoms with Crippen molar-refractivity contribution in [3.63, 3.8) is 0 Å². The number of carbonyl (C=O) groups is 1. The number of aliphatic hydroxyl groups is 6. The fourth-order valence-electron chi connectivity index (χ4n) is 2.15. The van der Waals surface area contributed by atoms with E-state index in [1.807, 2.05) is 0 Å². The minimum atomic E-state index is -1.62. The Labute approximate surface area is 132 Å². The Balaban J connectivity index is 2.69. The molecule has 0 spiro atoms. The second-order valence-corrected chi connectivity index (χ2v) is 5.38. The van der Waals surface area contributed by atoms with Gasteiger partial charge in [0, 0.05) is 0 Å². The first-order valence-corrected chi connectivity index (χ1v) is 7.03. The molecule has 1 heterocycles. The average molecular weight is 340 g/mol. The zero-order valence-electron chi connectivity index (χ0n) is 12.5. The quantitative estimate of drug-likeness (QED) is 0.225. The number of primary amides is 1. The molecule has 0 aromatic rings. The summed E-state index contributed by atoms with van der Waals surface area (Å²) < 4.78 is 10.3. The minimum Gasteiger partial charge on any atom is -0.394 e. The molecule has 0 bridgehead atoms. The van der Waals surface area contributed by atoms with Gasteiger partial charge in [0.25, 0.3) is 0 Å². The fourth-order valence-corrected chi connectivity index (χ4v) is 2.15. The number of nitrogens with one attached hydrogen (secondary N) is 1. The van der Waals surface area contributed by atoms with E-state index in [-0.39, 0.29) is 0 Å². The lowest BCUT2D eigenvalue weighted by Crippen LogP contribution is -2.60. The van der Waals surface area contributed by atoms with E-state index in [0.29, 0.717) is 0 Å². The second kappa shape index (κ2) is 8.70. The Morgan fingerprint density at radius 2 is 1.87 bits per heavy atom. The van der Waals surface area contributed by atoms with Gasteiger partial charge >= 0.3 is 6.03 Å². The lowest BCUT2D eigenvalue weighted by molar-refractivity contribution is -0.303. The molecular formula is C12H24N2O9. The Morgan fingerprint density at radius 3 is 2.35 bits per heavy atom. The van der Waals surface area contributed by atoms with Crippen molar-refractivity contribution in [2.75, 3.05) is 13.2 Å². The predicted octanol–water partition coefficient (Wildman–Crippen LogP) is -4.42. The van der Waals surface area contributed by atoms with E-state index < -0.39 is 68.2 Å². The lowest BCUT2D eigenvalue weighted by Gasteiger charge is -2.40. The molecule has 5 unspecified atom stereocenters. The van der Waals surface area contributed by atoms with Crippen LogP contribution in [-0.2, 0) is 9.47 Å². The van der Waals surface area contributed by atoms with Gasteiger partial charge in [0.05, 0.1) is 25.4 Å². The first kappa shape index (κ1) is 20.0. The van der Waals surface area contributed by atoms with Crippen molar-refractivity contribution in [2.24, 2.45) is 5.73 Å². The van der Waals surface area contributed by atoms with Gasteiger partial charge in [-0.1, -0.05) is 0 Å². The van der Waals surface area contributed by atoms with Crippen LogP contribution in [0.3, 0.4) is 0 Å². The highest BCUT2D eigenvalue weighted by Gasteiger charge is 2.44. The van der Waals surface area contributed by atoms with Crippen molar-refractivity contribution < 1.29 is 44.9 Å². The number of carbonyl (C=O) groups excluding carboxylic acids is 1. The van der Waals surface area contributed by atoms with E-state index in [4.69, 9.17) is 20.3 Å². The van der Waals surface area contributed by atoms with Crippen LogP contribution in [0.2, 0.25) is 0 Å². The highest BCUT2D eigenvalue weighted by molar-refractivity contribution is 5.72. The molecule has 2 amide bonds. The Bertz CT molecular complexity index is 382. The summed E-state index contributed by atoms with van der Waals surface area (Å²) in [7, 11) is 0. The summed E-state index contributed by atoms with van der Waals surface area (Å²) in [5, 5.41) is 59.4. The number of ether oxygens (including phenoxy) is 2. The monoisotopic (exact) mass is 340 g/mol. The van der Waals surface area contributed by atoms with Crippen LogP contribution in [0, 0.1) is 0 Å². The molecule has 1 rings (SSSR count). The maximum atomic E-state index is 10.9. The van der Waals surface area contributed by atoms with Gasteiger partial charge in [0.1, 0.15) is 30.5 Å². The molecule has 9 N–H and O–H groups in total. The van der Waals surface area contributed by atoms with E-state index >= 15 is 0 Å². The molecule has 0 aromatic carbocycles. The number of urea groups is 1. The number of amides is 2. The molecule has 1 fully saturated rings. The summed E-state index contributed by atoms with van der Waals surface area (Å²) in [4.78, 5) is 10.9. The van der Waals surface area contributed by atoms with Gasteiger partial charge in [-0.3, -0.25) is 0 Å². The molecule has 0 saturated carbocycles. The molecule has 0 aromatic heterocycles. The second-order valence-electron chi connectivity index (χ2n) is 5.38. The largest absolute Gasteiger partial charge is 0.394 e. The van der Waals surface area contributed by atoms with Gasteiger partial charge in [-0.15, -0.1) is 0 Å². The zero-order chi connectivity index (χ0) is 17.7. The van der Waals surface area contributed by atoms with Crippen LogP contribution in [0.1, 0.15) is 6.92 Å². The molecule has 136 valence electrons. The summed E-state index contributed by atoms with van der Waals surface area (Å²) in [6.07, 6.45) is -9.96. The Hall–Kier alpha value is -1.05. The first-order chi connectivity index (χ1) is 10.7. The Morgan fingerprint density at radius 1 is 1.26 bits per heavy atom. The molecular weight excluding hydrogens is 316 g/mol. The van der Waals surface area contributed by atoms with Gasteiger partial charge < -0.3 is 51.2 Å². The van der Waals surface area contributed by atoms with Gasteiger partial charge in [0.2, 0.25) is 0 Å². The number of rotatable bonds is 7. The zero-order valence-corrected chi connectivity index (χ0v) is 12.5. The van der Waals surface area contributed by atoms with E-state index in [2.05, 4.69) is 5.32 Å². The third kappa shape index (κ3) is 5.22. The summed E-state index contributed by atoms with van der Waals surface area (Å²) in [5.74, 6) is 0. The molecule has 11 nitrogen and oxygen atoms in total. The van der Waals surface area contributed by atoms with Crippen molar-refractivity contribution in [2.45, 2.75) is 55.9 Å². The van der Waals surface area contributed by atoms with Crippen molar-refractivity contribution in [3.05, 3.63) is 0 Å². The van der Waals surface area contributed by atoms with Crippen LogP contribution >= 0.6 is 0 Å². The third-order valence-corrected chi connectivity index (χ3v) is 3.52. The molecule has 1 saturated heterocycles. The average Bonchev–Trinajstić information content (AvgIpc) is 2.49. The molecule has 0 aliphatic carbocycles. The van der Waals surface area contributed by atoms with Gasteiger partial charge in [-0.05, 0) is 6.92 Å². The third-order valence-electron chi connectivity index (χ3n) is 3.52. The topological polar surface area (TPSA) is 195 Å². The minimum absolute atomic E-state index is 0.419. The molecule has 23 heavy (non-hydrogen) atoms. The summed E-state index contributed by atoms with van der Waals surface area (Å²) in [6, 6.07) is -2.08. The number of aliphatic hydroxyl groups excluding tert-OH is 6. The lowest BCUT2D eigenvalue weighted by atomic mass is 9.99. The highest BCUT2D eigenvalue weighted by Crippen LogP contribution is 2.22. The highest BCUT2D eigenvalue weighted by atomic mass is 16.7. The fraction of sp³-hybridized carbons (Fsp3) is 0.917. The van der Waals surface area contributed by atoms with Crippen LogP contribution in [-0.4, -0.2) is 98.8 Å². The van der Waals surface area contributed by atoms with Gasteiger partial charge in [0.15, 0.2) is 6.29 Å². The summed E-state index contributed by atoms with van der Waals surface area (Å²) in [6.45, 7) is 0.246. The number of hydrogen-bond acceptors (Lipinski definition) is 9. The smallest absolute Gasteiger partial charge is 0.312 e. The van der Waals surface area contributed by atoms with E-state index in [1.165, 1.54) is 6.92 Å². The number of nitrogens with two attached hydrogens (primary N) is 1. The SMILES string of the molecule is C[C@@H](O)[C@@H](O)[C@H](COC1OC(CO)C(O)C(O)C1O)NC(N)=O. The Kier molecular flexibility index (Phi) is 7.57. The molecule has 0 radical (unpaired) electrons. The molecule has 1 aliphatic rings. The van der Waals surface area contributed by atoms with Crippen LogP contribution in [0.25, 0.3) is 0 Å². The van der Waals surface area contributed by atoms with Crippen molar-refractivity contribution in [1.29, 1.82) is 0 Å². The maximum absolute atomic E-state index is 10.9. The van der Waals surface area contributed by atoms with Crippen molar-refractivity contribution >= 4 is 6.03 Å². The predicted molar refractivity (Wildman–Crippen MR) is 73.9 cm³/mol. The van der Waals surface area contributed by atoms with Crippen LogP contribution < -0.4 is 11.1 Å².